The van der Waals surface area contributed by atoms with E-state index in [1.165, 1.54) is 10.9 Å². The molecule has 5 atom stereocenters. The molecule has 0 bridgehead atoms. The van der Waals surface area contributed by atoms with Crippen LogP contribution in [0.5, 0.6) is 0 Å². The largest absolute Gasteiger partial charge is 0.473 e. The van der Waals surface area contributed by atoms with Crippen molar-refractivity contribution >= 4 is 44.7 Å². The summed E-state index contributed by atoms with van der Waals surface area (Å²) in [5, 5.41) is 0. The second-order valence-electron chi connectivity index (χ2n) is 7.22. The van der Waals surface area contributed by atoms with Gasteiger partial charge < -0.3 is 29.7 Å². The van der Waals surface area contributed by atoms with Crippen molar-refractivity contribution in [2.45, 2.75) is 24.9 Å². The molecule has 19 nitrogen and oxygen atoms in total. The van der Waals surface area contributed by atoms with Gasteiger partial charge in [-0.05, 0) is 0 Å². The lowest BCUT2D eigenvalue weighted by molar-refractivity contribution is -0.144. The molecule has 5 N–H and O–H groups in total. The fourth-order valence-electron chi connectivity index (χ4n) is 3.08. The summed E-state index contributed by atoms with van der Waals surface area (Å²) >= 11 is 0. The van der Waals surface area contributed by atoms with Crippen molar-refractivity contribution in [2.75, 3.05) is 39.8 Å². The van der Waals surface area contributed by atoms with Crippen LogP contribution in [0.1, 0.15) is 12.6 Å². The van der Waals surface area contributed by atoms with Gasteiger partial charge in [0, 0.05) is 6.42 Å². The summed E-state index contributed by atoms with van der Waals surface area (Å²) in [4.78, 5) is 64.5. The van der Waals surface area contributed by atoms with Crippen LogP contribution < -0.4 is 11.3 Å². The van der Waals surface area contributed by atoms with Gasteiger partial charge in [-0.25, -0.2) is 23.7 Å². The van der Waals surface area contributed by atoms with Gasteiger partial charge in [-0.15, -0.1) is 0 Å². The molecular formula is C16H23N5O14P2. The highest BCUT2D eigenvalue weighted by Crippen LogP contribution is 2.50. The molecule has 37 heavy (non-hydrogen) atoms. The first-order valence-corrected chi connectivity index (χ1v) is 13.1. The monoisotopic (exact) mass is 571 g/mol. The first-order chi connectivity index (χ1) is 17.3. The Bertz CT molecular complexity index is 1300. The molecule has 1 aliphatic rings. The molecule has 0 saturated carbocycles. The summed E-state index contributed by atoms with van der Waals surface area (Å²) in [5.74, 6) is -2.12. The molecule has 206 valence electrons. The Kier molecular flexibility index (Phi) is 9.17. The molecule has 0 aliphatic carbocycles. The first kappa shape index (κ1) is 28.8. The third-order valence-electron chi connectivity index (χ3n) is 4.76. The SMILES string of the molecule is COC(=O)COP(=O)(O)OCC1OC(n2cnc3c(=O)[nH]c(N)nc32)CC1OP(=O)(O)OCC(=O)OC. The third kappa shape index (κ3) is 7.64. The number of H-pyrrole nitrogens is 1. The zero-order valence-corrected chi connectivity index (χ0v) is 21.0. The van der Waals surface area contributed by atoms with Gasteiger partial charge in [0.1, 0.15) is 18.4 Å². The van der Waals surface area contributed by atoms with Crippen LogP contribution in [-0.2, 0) is 51.0 Å². The van der Waals surface area contributed by atoms with Crippen LogP contribution in [0.4, 0.5) is 5.95 Å². The van der Waals surface area contributed by atoms with Crippen LogP contribution in [0.25, 0.3) is 11.2 Å². The minimum absolute atomic E-state index is 0.00920. The number of anilines is 1. The topological polar surface area (TPSA) is 263 Å². The van der Waals surface area contributed by atoms with Crippen LogP contribution >= 0.6 is 15.6 Å². The second-order valence-corrected chi connectivity index (χ2v) is 10.1. The molecule has 3 heterocycles. The van der Waals surface area contributed by atoms with Gasteiger partial charge >= 0.3 is 27.6 Å². The lowest BCUT2D eigenvalue weighted by atomic mass is 10.2. The van der Waals surface area contributed by atoms with Gasteiger partial charge in [0.15, 0.2) is 24.4 Å². The number of nitrogens with two attached hydrogens (primary N) is 1. The van der Waals surface area contributed by atoms with Crippen LogP contribution in [-0.4, -0.2) is 87.5 Å². The summed E-state index contributed by atoms with van der Waals surface area (Å²) in [7, 11) is -7.62. The van der Waals surface area contributed by atoms with Crippen molar-refractivity contribution < 1.29 is 60.8 Å². The average Bonchev–Trinajstić information content (AvgIpc) is 3.43. The number of phosphoric ester groups is 2. The van der Waals surface area contributed by atoms with Gasteiger partial charge in [0.2, 0.25) is 5.95 Å². The van der Waals surface area contributed by atoms with E-state index < -0.39 is 71.4 Å². The van der Waals surface area contributed by atoms with E-state index in [4.69, 9.17) is 19.5 Å². The molecule has 1 saturated heterocycles. The minimum Gasteiger partial charge on any atom is -0.467 e. The van der Waals surface area contributed by atoms with Gasteiger partial charge in [-0.2, -0.15) is 4.98 Å². The van der Waals surface area contributed by atoms with Crippen molar-refractivity contribution in [1.82, 2.24) is 19.5 Å². The Morgan fingerprint density at radius 1 is 1.16 bits per heavy atom. The van der Waals surface area contributed by atoms with Crippen LogP contribution in [0.15, 0.2) is 11.1 Å². The van der Waals surface area contributed by atoms with E-state index in [-0.39, 0.29) is 23.5 Å². The van der Waals surface area contributed by atoms with Crippen molar-refractivity contribution in [3.8, 4) is 0 Å². The fourth-order valence-corrected chi connectivity index (χ4v) is 4.65. The maximum atomic E-state index is 12.4. The minimum atomic E-state index is -4.88. The molecule has 0 spiro atoms. The molecule has 0 aromatic carbocycles. The standard InChI is InChI=1S/C16H23N5O14P2/c1-29-11(22)5-32-36(25,26)31-4-9-8(35-37(27,28)33-6-12(23)30-2)3-10(34-9)21-7-18-13-14(21)19-16(17)20-15(13)24/h7-10H,3-6H2,1-2H3,(H,25,26)(H,27,28)(H3,17,19,20,24). The molecule has 0 radical (unpaired) electrons. The van der Waals surface area contributed by atoms with E-state index in [1.54, 1.807) is 0 Å². The summed E-state index contributed by atoms with van der Waals surface area (Å²) < 4.78 is 59.2. The van der Waals surface area contributed by atoms with Gasteiger partial charge in [0.25, 0.3) is 5.56 Å². The Morgan fingerprint density at radius 3 is 2.41 bits per heavy atom. The maximum absolute atomic E-state index is 12.4. The number of aromatic nitrogens is 4. The number of carbonyl (C=O) groups is 2. The van der Waals surface area contributed by atoms with Crippen LogP contribution in [0.2, 0.25) is 0 Å². The molecule has 21 heteroatoms. The van der Waals surface area contributed by atoms with E-state index in [9.17, 15) is 33.3 Å². The predicted molar refractivity (Wildman–Crippen MR) is 117 cm³/mol. The number of phosphoric acid groups is 2. The van der Waals surface area contributed by atoms with E-state index in [2.05, 4.69) is 33.5 Å². The number of nitrogens with one attached hydrogen (secondary N) is 1. The van der Waals surface area contributed by atoms with E-state index >= 15 is 0 Å². The van der Waals surface area contributed by atoms with E-state index in [1.807, 2.05) is 0 Å². The molecular weight excluding hydrogens is 548 g/mol. The third-order valence-corrected chi connectivity index (χ3v) is 6.68. The van der Waals surface area contributed by atoms with E-state index in [0.29, 0.717) is 0 Å². The molecule has 1 aliphatic heterocycles. The number of esters is 2. The summed E-state index contributed by atoms with van der Waals surface area (Å²) in [6, 6.07) is 0. The highest BCUT2D eigenvalue weighted by atomic mass is 31.2. The zero-order valence-electron chi connectivity index (χ0n) is 19.2. The molecule has 3 rings (SSSR count). The van der Waals surface area contributed by atoms with Crippen molar-refractivity contribution in [2.24, 2.45) is 0 Å². The number of hydrogen-bond donors (Lipinski definition) is 4. The number of nitrogens with zero attached hydrogens (tertiary/aromatic N) is 3. The number of carbonyl (C=O) groups excluding carboxylic acids is 2. The molecule has 2 aromatic rings. The summed E-state index contributed by atoms with van der Waals surface area (Å²) in [6.45, 7) is -2.54. The first-order valence-electron chi connectivity index (χ1n) is 10.1. The zero-order chi connectivity index (χ0) is 27.4. The number of hydrogen-bond acceptors (Lipinski definition) is 15. The number of rotatable bonds is 12. The predicted octanol–water partition coefficient (Wildman–Crippen LogP) is -1.03. The number of fused-ring (bicyclic) bond motifs is 1. The average molecular weight is 571 g/mol. The highest BCUT2D eigenvalue weighted by Gasteiger charge is 2.43. The lowest BCUT2D eigenvalue weighted by Crippen LogP contribution is -2.29. The fraction of sp³-hybridized carbons (Fsp3) is 0.562. The van der Waals surface area contributed by atoms with E-state index in [0.717, 1.165) is 14.2 Å². The number of ether oxygens (including phenoxy) is 3. The Balaban J connectivity index is 1.80. The summed E-state index contributed by atoms with van der Waals surface area (Å²) in [5.41, 5.74) is 4.88. The van der Waals surface area contributed by atoms with Gasteiger partial charge in [0.05, 0.1) is 27.2 Å². The number of imidazole rings is 1. The Morgan fingerprint density at radius 2 is 1.78 bits per heavy atom. The molecule has 1 fully saturated rings. The second kappa shape index (κ2) is 11.8. The summed E-state index contributed by atoms with van der Waals surface area (Å²) in [6.07, 6.45) is -2.72. The Labute approximate surface area is 207 Å². The van der Waals surface area contributed by atoms with Crippen molar-refractivity contribution in [3.05, 3.63) is 16.7 Å². The molecule has 2 aromatic heterocycles. The maximum Gasteiger partial charge on any atom is 0.473 e. The quantitative estimate of drug-likeness (QED) is 0.175. The van der Waals surface area contributed by atoms with Crippen molar-refractivity contribution in [3.63, 3.8) is 0 Å². The van der Waals surface area contributed by atoms with Crippen molar-refractivity contribution in [1.29, 1.82) is 0 Å². The number of aromatic amines is 1. The normalized spacial score (nSPS) is 22.9. The molecule has 0 amide bonds. The lowest BCUT2D eigenvalue weighted by Gasteiger charge is -2.21. The van der Waals surface area contributed by atoms with Gasteiger partial charge in [-0.1, -0.05) is 0 Å². The van der Waals surface area contributed by atoms with Gasteiger partial charge in [-0.3, -0.25) is 32.4 Å². The van der Waals surface area contributed by atoms with Crippen LogP contribution in [0, 0.1) is 0 Å². The number of nitrogen functional groups attached to an aromatic ring is 1. The van der Waals surface area contributed by atoms with Crippen LogP contribution in [0.3, 0.4) is 0 Å². The number of methoxy groups -OCH3 is 2. The molecule has 5 unspecified atom stereocenters. The smallest absolute Gasteiger partial charge is 0.467 e. The Hall–Kier alpha value is -2.73. The highest BCUT2D eigenvalue weighted by molar-refractivity contribution is 7.47.